The number of esters is 2. The van der Waals surface area contributed by atoms with Crippen molar-refractivity contribution in [2.45, 2.75) is 26.7 Å². The van der Waals surface area contributed by atoms with Crippen LogP contribution in [0.1, 0.15) is 37.8 Å². The molecule has 0 saturated carbocycles. The average molecular weight is 450 g/mol. The fourth-order valence-electron chi connectivity index (χ4n) is 2.69. The Hall–Kier alpha value is -4.05. The number of carbonyl (C=O) groups is 2. The normalized spacial score (nSPS) is 11.0. The number of hydrogen-bond donors (Lipinski definition) is 0. The summed E-state index contributed by atoms with van der Waals surface area (Å²) >= 11 is 0. The molecule has 0 radical (unpaired) electrons. The molecule has 0 bridgehead atoms. The summed E-state index contributed by atoms with van der Waals surface area (Å²) in [5, 5.41) is 9.17. The summed E-state index contributed by atoms with van der Waals surface area (Å²) < 4.78 is 21.1. The predicted molar refractivity (Wildman–Crippen MR) is 125 cm³/mol. The van der Waals surface area contributed by atoms with Crippen molar-refractivity contribution < 1.29 is 28.5 Å². The molecule has 0 saturated heterocycles. The van der Waals surface area contributed by atoms with Crippen LogP contribution in [-0.4, -0.2) is 32.3 Å². The third kappa shape index (κ3) is 8.19. The second-order valence-corrected chi connectivity index (χ2v) is 6.83. The van der Waals surface area contributed by atoms with Gasteiger partial charge in [-0.25, -0.2) is 9.59 Å². The third-order valence-electron chi connectivity index (χ3n) is 4.38. The van der Waals surface area contributed by atoms with Gasteiger partial charge in [0.1, 0.15) is 17.4 Å². The summed E-state index contributed by atoms with van der Waals surface area (Å²) in [7, 11) is 1.43. The van der Waals surface area contributed by atoms with Crippen LogP contribution in [0.3, 0.4) is 0 Å². The molecular formula is C26H27NO6. The van der Waals surface area contributed by atoms with Gasteiger partial charge >= 0.3 is 11.9 Å². The molecule has 0 aliphatic rings. The first-order valence-electron chi connectivity index (χ1n) is 10.6. The fourth-order valence-corrected chi connectivity index (χ4v) is 2.69. The lowest BCUT2D eigenvalue weighted by Crippen LogP contribution is -2.06. The van der Waals surface area contributed by atoms with Crippen LogP contribution in [0.5, 0.6) is 17.2 Å². The van der Waals surface area contributed by atoms with Crippen molar-refractivity contribution in [3.63, 3.8) is 0 Å². The molecule has 0 amide bonds. The van der Waals surface area contributed by atoms with Gasteiger partial charge < -0.3 is 18.9 Å². The van der Waals surface area contributed by atoms with Crippen molar-refractivity contribution in [2.24, 2.45) is 0 Å². The zero-order valence-electron chi connectivity index (χ0n) is 19.0. The maximum Gasteiger partial charge on any atom is 0.348 e. The number of carbonyl (C=O) groups excluding carboxylic acids is 2. The number of nitrogens with zero attached hydrogens (tertiary/aromatic N) is 1. The average Bonchev–Trinajstić information content (AvgIpc) is 2.83. The quantitative estimate of drug-likeness (QED) is 0.157. The Balaban J connectivity index is 2.05. The van der Waals surface area contributed by atoms with Crippen LogP contribution < -0.4 is 14.2 Å². The van der Waals surface area contributed by atoms with E-state index in [1.807, 2.05) is 30.3 Å². The lowest BCUT2D eigenvalue weighted by molar-refractivity contribution is -0.138. The predicted octanol–water partition coefficient (Wildman–Crippen LogP) is 4.96. The molecule has 0 aliphatic heterocycles. The van der Waals surface area contributed by atoms with E-state index in [2.05, 4.69) is 6.92 Å². The topological polar surface area (TPSA) is 94.9 Å². The molecule has 0 fully saturated rings. The van der Waals surface area contributed by atoms with E-state index < -0.39 is 11.9 Å². The van der Waals surface area contributed by atoms with Gasteiger partial charge in [-0.3, -0.25) is 0 Å². The van der Waals surface area contributed by atoms with Gasteiger partial charge in [-0.15, -0.1) is 0 Å². The zero-order valence-corrected chi connectivity index (χ0v) is 19.0. The molecule has 2 aromatic rings. The Kier molecular flexibility index (Phi) is 10.2. The van der Waals surface area contributed by atoms with Crippen LogP contribution in [0.15, 0.2) is 54.1 Å². The van der Waals surface area contributed by atoms with Crippen LogP contribution in [0.2, 0.25) is 0 Å². The Bertz CT molecular complexity index is 1050. The number of nitriles is 1. The molecule has 7 nitrogen and oxygen atoms in total. The molecule has 2 rings (SSSR count). The van der Waals surface area contributed by atoms with Crippen molar-refractivity contribution in [1.82, 2.24) is 0 Å². The van der Waals surface area contributed by atoms with Gasteiger partial charge in [0.2, 0.25) is 0 Å². The van der Waals surface area contributed by atoms with Gasteiger partial charge in [-0.2, -0.15) is 5.26 Å². The highest BCUT2D eigenvalue weighted by Crippen LogP contribution is 2.29. The van der Waals surface area contributed by atoms with E-state index in [9.17, 15) is 9.59 Å². The monoisotopic (exact) mass is 449 g/mol. The molecule has 0 spiro atoms. The van der Waals surface area contributed by atoms with Gasteiger partial charge in [-0.05, 0) is 60.9 Å². The second kappa shape index (κ2) is 13.4. The minimum Gasteiger partial charge on any atom is -0.494 e. The summed E-state index contributed by atoms with van der Waals surface area (Å²) in [6.07, 6.45) is 6.40. The largest absolute Gasteiger partial charge is 0.494 e. The first-order chi connectivity index (χ1) is 16.0. The molecule has 7 heteroatoms. The highest BCUT2D eigenvalue weighted by Gasteiger charge is 2.12. The second-order valence-electron chi connectivity index (χ2n) is 6.83. The van der Waals surface area contributed by atoms with Crippen molar-refractivity contribution in [3.05, 3.63) is 65.2 Å². The summed E-state index contributed by atoms with van der Waals surface area (Å²) in [5.41, 5.74) is 1.20. The maximum atomic E-state index is 12.3. The van der Waals surface area contributed by atoms with Gasteiger partial charge in [-0.1, -0.05) is 31.5 Å². The number of rotatable bonds is 11. The first kappa shape index (κ1) is 25.2. The fraction of sp³-hybridized carbons (Fsp3) is 0.269. The first-order valence-corrected chi connectivity index (χ1v) is 10.6. The maximum absolute atomic E-state index is 12.3. The molecule has 33 heavy (non-hydrogen) atoms. The molecule has 0 aliphatic carbocycles. The van der Waals surface area contributed by atoms with Crippen LogP contribution >= 0.6 is 0 Å². The van der Waals surface area contributed by atoms with Crippen molar-refractivity contribution in [1.29, 1.82) is 5.26 Å². The van der Waals surface area contributed by atoms with Crippen molar-refractivity contribution in [2.75, 3.05) is 20.3 Å². The van der Waals surface area contributed by atoms with Gasteiger partial charge in [0.05, 0.1) is 20.3 Å². The molecular weight excluding hydrogens is 422 g/mol. The molecule has 0 aromatic heterocycles. The number of benzene rings is 2. The number of unbranched alkanes of at least 4 members (excludes halogenated alkanes) is 1. The number of methoxy groups -OCH3 is 1. The van der Waals surface area contributed by atoms with E-state index in [1.54, 1.807) is 25.1 Å². The van der Waals surface area contributed by atoms with Crippen molar-refractivity contribution >= 4 is 24.1 Å². The van der Waals surface area contributed by atoms with E-state index >= 15 is 0 Å². The number of hydrogen-bond acceptors (Lipinski definition) is 7. The minimum atomic E-state index is -0.708. The van der Waals surface area contributed by atoms with Crippen molar-refractivity contribution in [3.8, 4) is 23.3 Å². The van der Waals surface area contributed by atoms with Crippen LogP contribution in [0.25, 0.3) is 12.2 Å². The van der Waals surface area contributed by atoms with E-state index in [0.29, 0.717) is 12.2 Å². The summed E-state index contributed by atoms with van der Waals surface area (Å²) in [6.45, 7) is 4.61. The summed E-state index contributed by atoms with van der Waals surface area (Å²) in [5.74, 6) is -0.0207. The Labute approximate surface area is 193 Å². The van der Waals surface area contributed by atoms with E-state index in [1.165, 1.54) is 25.3 Å². The Morgan fingerprint density at radius 1 is 1.03 bits per heavy atom. The molecule has 0 atom stereocenters. The molecule has 0 heterocycles. The van der Waals surface area contributed by atoms with E-state index in [-0.39, 0.29) is 23.7 Å². The Morgan fingerprint density at radius 3 is 2.39 bits per heavy atom. The SMILES string of the molecule is CCCCOc1ccc(/C=C/C(=O)Oc2ccc(/C=C(\C#N)C(=O)OCC)cc2OC)cc1. The summed E-state index contributed by atoms with van der Waals surface area (Å²) in [6, 6.07) is 13.9. The molecule has 172 valence electrons. The lowest BCUT2D eigenvalue weighted by Gasteiger charge is -2.09. The van der Waals surface area contributed by atoms with Crippen LogP contribution in [0, 0.1) is 11.3 Å². The Morgan fingerprint density at radius 2 is 1.76 bits per heavy atom. The van der Waals surface area contributed by atoms with E-state index in [4.69, 9.17) is 24.2 Å². The number of ether oxygens (including phenoxy) is 4. The standard InChI is InChI=1S/C26H27NO6/c1-4-6-15-32-22-11-7-19(8-12-22)10-14-25(28)33-23-13-9-20(17-24(23)30-3)16-21(18-27)26(29)31-5-2/h7-14,16-17H,4-6,15H2,1-3H3/b14-10+,21-16+. The zero-order chi connectivity index (χ0) is 24.1. The third-order valence-corrected chi connectivity index (χ3v) is 4.38. The van der Waals surface area contributed by atoms with Crippen LogP contribution in [-0.2, 0) is 14.3 Å². The lowest BCUT2D eigenvalue weighted by atomic mass is 10.1. The highest BCUT2D eigenvalue weighted by molar-refractivity contribution is 5.98. The minimum absolute atomic E-state index is 0.145. The highest BCUT2D eigenvalue weighted by atomic mass is 16.6. The molecule has 2 aromatic carbocycles. The van der Waals surface area contributed by atoms with Crippen LogP contribution in [0.4, 0.5) is 0 Å². The molecule has 0 N–H and O–H groups in total. The molecule has 0 unspecified atom stereocenters. The van der Waals surface area contributed by atoms with Gasteiger partial charge in [0.25, 0.3) is 0 Å². The van der Waals surface area contributed by atoms with Gasteiger partial charge in [0.15, 0.2) is 11.5 Å². The smallest absolute Gasteiger partial charge is 0.348 e. The van der Waals surface area contributed by atoms with E-state index in [0.717, 1.165) is 24.2 Å². The van der Waals surface area contributed by atoms with Gasteiger partial charge in [0, 0.05) is 6.08 Å². The summed E-state index contributed by atoms with van der Waals surface area (Å²) in [4.78, 5) is 24.0.